The topological polar surface area (TPSA) is 18.5 Å². The summed E-state index contributed by atoms with van der Waals surface area (Å²) in [5.41, 5.74) is 0.473. The molecule has 0 aromatic carbocycles. The van der Waals surface area contributed by atoms with Gasteiger partial charge in [0.15, 0.2) is 0 Å². The van der Waals surface area contributed by atoms with E-state index < -0.39 is 0 Å². The van der Waals surface area contributed by atoms with Crippen molar-refractivity contribution in [3.63, 3.8) is 0 Å². The predicted molar refractivity (Wildman–Crippen MR) is 80.5 cm³/mol. The monoisotopic (exact) mass is 265 g/mol. The van der Waals surface area contributed by atoms with Crippen LogP contribution in [-0.2, 0) is 0 Å². The fraction of sp³-hybridized carbons (Fsp3) is 1.00. The highest BCUT2D eigenvalue weighted by atomic mass is 15.3. The molecule has 19 heavy (non-hydrogen) atoms. The van der Waals surface area contributed by atoms with E-state index in [1.54, 1.807) is 0 Å². The van der Waals surface area contributed by atoms with Gasteiger partial charge in [0.25, 0.3) is 0 Å². The van der Waals surface area contributed by atoms with E-state index in [1.165, 1.54) is 71.2 Å². The minimum Gasteiger partial charge on any atom is -0.308 e. The van der Waals surface area contributed by atoms with Gasteiger partial charge < -0.3 is 10.2 Å². The van der Waals surface area contributed by atoms with E-state index in [1.807, 2.05) is 0 Å². The molecule has 1 spiro atoms. The molecule has 3 aliphatic rings. The second kappa shape index (κ2) is 5.71. The summed E-state index contributed by atoms with van der Waals surface area (Å²) in [6.45, 7) is 11.1. The van der Waals surface area contributed by atoms with Gasteiger partial charge in [0, 0.05) is 37.3 Å². The highest BCUT2D eigenvalue weighted by Crippen LogP contribution is 2.34. The number of likely N-dealkylation sites (tertiary alicyclic amines) is 1. The molecule has 3 nitrogen and oxygen atoms in total. The lowest BCUT2D eigenvalue weighted by atomic mass is 9.90. The van der Waals surface area contributed by atoms with E-state index in [0.29, 0.717) is 11.6 Å². The molecule has 0 radical (unpaired) electrons. The third-order valence-electron chi connectivity index (χ3n) is 5.78. The van der Waals surface area contributed by atoms with Crippen LogP contribution in [0.4, 0.5) is 0 Å². The third-order valence-corrected chi connectivity index (χ3v) is 5.78. The van der Waals surface area contributed by atoms with Gasteiger partial charge in [-0.15, -0.1) is 0 Å². The summed E-state index contributed by atoms with van der Waals surface area (Å²) < 4.78 is 0. The van der Waals surface area contributed by atoms with Crippen LogP contribution in [0.2, 0.25) is 0 Å². The molecule has 2 heterocycles. The third kappa shape index (κ3) is 2.84. The standard InChI is InChI=1S/C16H31N3/c1-3-18-10-6-7-15(12-18)19-13-16(8-4-5-9-16)17-11-14(19)2/h14-15,17H,3-13H2,1-2H3. The second-order valence-electron chi connectivity index (χ2n) is 7.08. The Balaban J connectivity index is 1.67. The summed E-state index contributed by atoms with van der Waals surface area (Å²) in [5.74, 6) is 0. The first-order chi connectivity index (χ1) is 9.22. The smallest absolute Gasteiger partial charge is 0.0309 e. The molecule has 2 atom stereocenters. The molecule has 0 aromatic rings. The van der Waals surface area contributed by atoms with E-state index in [9.17, 15) is 0 Å². The summed E-state index contributed by atoms with van der Waals surface area (Å²) in [5, 5.41) is 3.88. The molecule has 2 unspecified atom stereocenters. The van der Waals surface area contributed by atoms with Crippen LogP contribution in [0, 0.1) is 0 Å². The minimum atomic E-state index is 0.473. The lowest BCUT2D eigenvalue weighted by Crippen LogP contribution is -2.66. The Labute approximate surface area is 118 Å². The quantitative estimate of drug-likeness (QED) is 0.825. The number of piperidine rings is 1. The highest BCUT2D eigenvalue weighted by Gasteiger charge is 2.42. The summed E-state index contributed by atoms with van der Waals surface area (Å²) in [4.78, 5) is 5.49. The van der Waals surface area contributed by atoms with Crippen molar-refractivity contribution in [3.05, 3.63) is 0 Å². The van der Waals surface area contributed by atoms with Gasteiger partial charge >= 0.3 is 0 Å². The Morgan fingerprint density at radius 1 is 1.21 bits per heavy atom. The molecule has 3 rings (SSSR count). The van der Waals surface area contributed by atoms with Crippen LogP contribution in [0.1, 0.15) is 52.4 Å². The summed E-state index contributed by atoms with van der Waals surface area (Å²) in [6, 6.07) is 1.52. The van der Waals surface area contributed by atoms with Gasteiger partial charge in [-0.3, -0.25) is 4.90 Å². The Kier molecular flexibility index (Phi) is 4.16. The van der Waals surface area contributed by atoms with Crippen LogP contribution in [0.15, 0.2) is 0 Å². The molecule has 3 heteroatoms. The molecule has 1 N–H and O–H groups in total. The van der Waals surface area contributed by atoms with Crippen molar-refractivity contribution in [2.24, 2.45) is 0 Å². The van der Waals surface area contributed by atoms with Crippen LogP contribution < -0.4 is 5.32 Å². The van der Waals surface area contributed by atoms with Crippen molar-refractivity contribution in [1.29, 1.82) is 0 Å². The highest BCUT2D eigenvalue weighted by molar-refractivity contribution is 5.02. The second-order valence-corrected chi connectivity index (χ2v) is 7.08. The average molecular weight is 265 g/mol. The zero-order valence-electron chi connectivity index (χ0n) is 12.8. The predicted octanol–water partition coefficient (Wildman–Crippen LogP) is 2.08. The van der Waals surface area contributed by atoms with Crippen LogP contribution in [0.5, 0.6) is 0 Å². The van der Waals surface area contributed by atoms with Crippen LogP contribution in [0.25, 0.3) is 0 Å². The molecular weight excluding hydrogens is 234 g/mol. The van der Waals surface area contributed by atoms with Crippen LogP contribution >= 0.6 is 0 Å². The normalized spacial score (nSPS) is 36.9. The first-order valence-electron chi connectivity index (χ1n) is 8.45. The van der Waals surface area contributed by atoms with Crippen LogP contribution in [0.3, 0.4) is 0 Å². The van der Waals surface area contributed by atoms with E-state index in [4.69, 9.17) is 0 Å². The van der Waals surface area contributed by atoms with Gasteiger partial charge in [-0.25, -0.2) is 0 Å². The van der Waals surface area contributed by atoms with Crippen molar-refractivity contribution in [2.45, 2.75) is 70.0 Å². The van der Waals surface area contributed by atoms with Gasteiger partial charge in [0.1, 0.15) is 0 Å². The number of piperazine rings is 1. The SMILES string of the molecule is CCN1CCCC(N2CC3(CCCC3)NCC2C)C1. The fourth-order valence-electron chi connectivity index (χ4n) is 4.51. The zero-order valence-corrected chi connectivity index (χ0v) is 12.8. The minimum absolute atomic E-state index is 0.473. The molecule has 0 aromatic heterocycles. The summed E-state index contributed by atoms with van der Waals surface area (Å²) in [7, 11) is 0. The maximum atomic E-state index is 3.88. The van der Waals surface area contributed by atoms with E-state index in [2.05, 4.69) is 29.0 Å². The van der Waals surface area contributed by atoms with Gasteiger partial charge in [-0.2, -0.15) is 0 Å². The maximum Gasteiger partial charge on any atom is 0.0309 e. The number of likely N-dealkylation sites (N-methyl/N-ethyl adjacent to an activating group) is 1. The summed E-state index contributed by atoms with van der Waals surface area (Å²) in [6.07, 6.45) is 8.47. The molecule has 110 valence electrons. The molecule has 2 aliphatic heterocycles. The van der Waals surface area contributed by atoms with E-state index >= 15 is 0 Å². The molecule has 3 fully saturated rings. The molecule has 2 saturated heterocycles. The largest absolute Gasteiger partial charge is 0.308 e. The summed E-state index contributed by atoms with van der Waals surface area (Å²) >= 11 is 0. The Morgan fingerprint density at radius 3 is 2.74 bits per heavy atom. The number of hydrogen-bond donors (Lipinski definition) is 1. The van der Waals surface area contributed by atoms with E-state index in [-0.39, 0.29) is 0 Å². The van der Waals surface area contributed by atoms with Gasteiger partial charge in [-0.1, -0.05) is 19.8 Å². The average Bonchev–Trinajstić information content (AvgIpc) is 2.90. The van der Waals surface area contributed by atoms with Gasteiger partial charge in [0.05, 0.1) is 0 Å². The van der Waals surface area contributed by atoms with Crippen molar-refractivity contribution in [3.8, 4) is 0 Å². The Bertz CT molecular complexity index is 298. The van der Waals surface area contributed by atoms with Crippen molar-refractivity contribution in [1.82, 2.24) is 15.1 Å². The molecule has 1 saturated carbocycles. The molecule has 0 amide bonds. The number of nitrogens with zero attached hydrogens (tertiary/aromatic N) is 2. The van der Waals surface area contributed by atoms with Crippen molar-refractivity contribution in [2.75, 3.05) is 32.7 Å². The molecular formula is C16H31N3. The number of nitrogens with one attached hydrogen (secondary N) is 1. The first-order valence-corrected chi connectivity index (χ1v) is 8.45. The zero-order chi connectivity index (χ0) is 13.3. The molecule has 1 aliphatic carbocycles. The number of hydrogen-bond acceptors (Lipinski definition) is 3. The van der Waals surface area contributed by atoms with Crippen LogP contribution in [-0.4, -0.2) is 60.1 Å². The van der Waals surface area contributed by atoms with Crippen molar-refractivity contribution < 1.29 is 0 Å². The van der Waals surface area contributed by atoms with Gasteiger partial charge in [-0.05, 0) is 45.7 Å². The first kappa shape index (κ1) is 13.8. The maximum absolute atomic E-state index is 3.88. The Hall–Kier alpha value is -0.120. The van der Waals surface area contributed by atoms with Crippen molar-refractivity contribution >= 4 is 0 Å². The Morgan fingerprint density at radius 2 is 2.00 bits per heavy atom. The lowest BCUT2D eigenvalue weighted by Gasteiger charge is -2.50. The number of rotatable bonds is 2. The molecule has 0 bridgehead atoms. The van der Waals surface area contributed by atoms with E-state index in [0.717, 1.165) is 6.04 Å². The fourth-order valence-corrected chi connectivity index (χ4v) is 4.51. The lowest BCUT2D eigenvalue weighted by molar-refractivity contribution is 0.0170. The van der Waals surface area contributed by atoms with Gasteiger partial charge in [0.2, 0.25) is 0 Å².